The number of alkyl halides is 3. The van der Waals surface area contributed by atoms with Crippen LogP contribution in [0.5, 0.6) is 0 Å². The van der Waals surface area contributed by atoms with E-state index in [9.17, 15) is 4.79 Å². The predicted octanol–water partition coefficient (Wildman–Crippen LogP) is 3.88. The number of nitrogens with one attached hydrogen (secondary N) is 1. The quantitative estimate of drug-likeness (QED) is 0.631. The number of pyridine rings is 1. The fourth-order valence-electron chi connectivity index (χ4n) is 1.37. The van der Waals surface area contributed by atoms with Crippen LogP contribution in [-0.2, 0) is 0 Å². The van der Waals surface area contributed by atoms with E-state index in [1.165, 1.54) is 6.20 Å². The molecule has 0 fully saturated rings. The second kappa shape index (κ2) is 4.18. The van der Waals surface area contributed by atoms with E-state index in [2.05, 4.69) is 25.9 Å². The molecule has 0 aliphatic heterocycles. The lowest BCUT2D eigenvalue weighted by Gasteiger charge is -2.08. The van der Waals surface area contributed by atoms with Crippen molar-refractivity contribution in [2.75, 3.05) is 0 Å². The van der Waals surface area contributed by atoms with Gasteiger partial charge in [-0.1, -0.05) is 34.8 Å². The summed E-state index contributed by atoms with van der Waals surface area (Å²) in [5.41, 5.74) is 1.02. The number of carbonyl (C=O) groups excluding carboxylic acids is 1. The van der Waals surface area contributed by atoms with Crippen molar-refractivity contribution in [1.82, 2.24) is 9.97 Å². The summed E-state index contributed by atoms with van der Waals surface area (Å²) in [7, 11) is 0. The summed E-state index contributed by atoms with van der Waals surface area (Å²) in [5.74, 6) is -0.573. The molecule has 1 N–H and O–H groups in total. The van der Waals surface area contributed by atoms with Gasteiger partial charge in [-0.2, -0.15) is 0 Å². The minimum Gasteiger partial charge on any atom is -0.359 e. The number of ketones is 1. The van der Waals surface area contributed by atoms with Crippen LogP contribution >= 0.6 is 50.7 Å². The molecule has 0 radical (unpaired) electrons. The predicted molar refractivity (Wildman–Crippen MR) is 68.4 cm³/mol. The topological polar surface area (TPSA) is 45.8 Å². The average molecular weight is 342 g/mol. The van der Waals surface area contributed by atoms with E-state index >= 15 is 0 Å². The van der Waals surface area contributed by atoms with Gasteiger partial charge in [-0.25, -0.2) is 0 Å². The maximum Gasteiger partial charge on any atom is 0.253 e. The third-order valence-corrected chi connectivity index (χ3v) is 3.16. The van der Waals surface area contributed by atoms with E-state index in [0.717, 1.165) is 0 Å². The molecular weight excluding hydrogens is 338 g/mol. The van der Waals surface area contributed by atoms with Gasteiger partial charge in [0.2, 0.25) is 5.78 Å². The standard InChI is InChI=1S/C9H4BrCl3N2O/c10-5-2-14-3-6-7(5)4(1-15-6)8(16)9(11,12)13/h1-3,15H. The van der Waals surface area contributed by atoms with Crippen molar-refractivity contribution >= 4 is 67.4 Å². The summed E-state index contributed by atoms with van der Waals surface area (Å²) in [6.07, 6.45) is 4.67. The van der Waals surface area contributed by atoms with E-state index in [0.29, 0.717) is 20.9 Å². The van der Waals surface area contributed by atoms with Gasteiger partial charge in [0.05, 0.1) is 11.7 Å². The third-order valence-electron chi connectivity index (χ3n) is 2.04. The zero-order valence-electron chi connectivity index (χ0n) is 7.60. The van der Waals surface area contributed by atoms with E-state index < -0.39 is 9.58 Å². The van der Waals surface area contributed by atoms with Gasteiger partial charge in [-0.3, -0.25) is 9.78 Å². The monoisotopic (exact) mass is 340 g/mol. The normalized spacial score (nSPS) is 12.0. The molecule has 2 aromatic heterocycles. The molecule has 0 aliphatic rings. The summed E-state index contributed by atoms with van der Waals surface area (Å²) in [4.78, 5) is 18.7. The van der Waals surface area contributed by atoms with Crippen molar-refractivity contribution in [2.45, 2.75) is 3.79 Å². The van der Waals surface area contributed by atoms with Crippen molar-refractivity contribution in [2.24, 2.45) is 0 Å². The average Bonchev–Trinajstić information content (AvgIpc) is 2.60. The van der Waals surface area contributed by atoms with Crippen LogP contribution in [0, 0.1) is 0 Å². The SMILES string of the molecule is O=C(c1c[nH]c2cncc(Br)c12)C(Cl)(Cl)Cl. The molecule has 7 heteroatoms. The molecular formula is C9H4BrCl3N2O. The van der Waals surface area contributed by atoms with Gasteiger partial charge in [-0.05, 0) is 15.9 Å². The number of fused-ring (bicyclic) bond motifs is 1. The molecule has 3 nitrogen and oxygen atoms in total. The maximum atomic E-state index is 11.8. The molecule has 2 heterocycles. The number of H-pyrrole nitrogens is 1. The van der Waals surface area contributed by atoms with Crippen LogP contribution in [0.3, 0.4) is 0 Å². The van der Waals surface area contributed by atoms with Gasteiger partial charge in [0.1, 0.15) is 0 Å². The molecule has 0 aliphatic carbocycles. The Bertz CT molecular complexity index is 561. The second-order valence-electron chi connectivity index (χ2n) is 3.07. The van der Waals surface area contributed by atoms with E-state index in [4.69, 9.17) is 34.8 Å². The lowest BCUT2D eigenvalue weighted by molar-refractivity contribution is 0.0998. The molecule has 0 unspecified atom stereocenters. The van der Waals surface area contributed by atoms with Gasteiger partial charge in [0, 0.05) is 27.8 Å². The largest absolute Gasteiger partial charge is 0.359 e. The third kappa shape index (κ3) is 2.07. The molecule has 0 amide bonds. The van der Waals surface area contributed by atoms with Crippen molar-refractivity contribution in [3.8, 4) is 0 Å². The van der Waals surface area contributed by atoms with Crippen LogP contribution in [0.1, 0.15) is 10.4 Å². The highest BCUT2D eigenvalue weighted by molar-refractivity contribution is 9.10. The highest BCUT2D eigenvalue weighted by atomic mass is 79.9. The van der Waals surface area contributed by atoms with Crippen LogP contribution in [0.15, 0.2) is 23.1 Å². The summed E-state index contributed by atoms with van der Waals surface area (Å²) in [5, 5.41) is 0.659. The van der Waals surface area contributed by atoms with Gasteiger partial charge in [0.25, 0.3) is 3.79 Å². The number of aromatic amines is 1. The highest BCUT2D eigenvalue weighted by Gasteiger charge is 2.33. The Balaban J connectivity index is 2.67. The molecule has 0 bridgehead atoms. The molecule has 2 rings (SSSR count). The van der Waals surface area contributed by atoms with Crippen LogP contribution < -0.4 is 0 Å². The lowest BCUT2D eigenvalue weighted by Crippen LogP contribution is -2.18. The number of carbonyl (C=O) groups is 1. The van der Waals surface area contributed by atoms with Crippen LogP contribution in [0.25, 0.3) is 10.9 Å². The van der Waals surface area contributed by atoms with E-state index in [-0.39, 0.29) is 0 Å². The van der Waals surface area contributed by atoms with E-state index in [1.54, 1.807) is 12.4 Å². The summed E-state index contributed by atoms with van der Waals surface area (Å²) >= 11 is 20.0. The molecule has 0 saturated heterocycles. The smallest absolute Gasteiger partial charge is 0.253 e. The first-order valence-corrected chi connectivity index (χ1v) is 6.06. The first-order valence-electron chi connectivity index (χ1n) is 4.13. The Hall–Kier alpha value is -0.290. The van der Waals surface area contributed by atoms with Gasteiger partial charge in [-0.15, -0.1) is 0 Å². The first kappa shape index (κ1) is 12.2. The number of rotatable bonds is 1. The summed E-state index contributed by atoms with van der Waals surface area (Å²) in [6.45, 7) is 0. The van der Waals surface area contributed by atoms with Crippen molar-refractivity contribution < 1.29 is 4.79 Å². The minimum absolute atomic E-state index is 0.323. The maximum absolute atomic E-state index is 11.8. The fourth-order valence-corrected chi connectivity index (χ4v) is 2.22. The van der Waals surface area contributed by atoms with Crippen LogP contribution in [0.4, 0.5) is 0 Å². The fraction of sp³-hybridized carbons (Fsp3) is 0.111. The number of hydrogen-bond acceptors (Lipinski definition) is 2. The number of nitrogens with zero attached hydrogens (tertiary/aromatic N) is 1. The Labute approximate surface area is 114 Å². The zero-order chi connectivity index (χ0) is 11.9. The van der Waals surface area contributed by atoms with E-state index in [1.807, 2.05) is 0 Å². The molecule has 2 aromatic rings. The van der Waals surface area contributed by atoms with Crippen molar-refractivity contribution in [1.29, 1.82) is 0 Å². The molecule has 0 saturated carbocycles. The number of aromatic nitrogens is 2. The molecule has 0 atom stereocenters. The highest BCUT2D eigenvalue weighted by Crippen LogP contribution is 2.34. The second-order valence-corrected chi connectivity index (χ2v) is 6.21. The zero-order valence-corrected chi connectivity index (χ0v) is 11.5. The Kier molecular flexibility index (Phi) is 3.18. The number of hydrogen-bond donors (Lipinski definition) is 1. The molecule has 16 heavy (non-hydrogen) atoms. The first-order chi connectivity index (χ1) is 7.41. The van der Waals surface area contributed by atoms with Crippen LogP contribution in [-0.4, -0.2) is 19.5 Å². The summed E-state index contributed by atoms with van der Waals surface area (Å²) in [6, 6.07) is 0. The molecule has 0 aromatic carbocycles. The van der Waals surface area contributed by atoms with Gasteiger partial charge >= 0.3 is 0 Å². The lowest BCUT2D eigenvalue weighted by atomic mass is 10.1. The summed E-state index contributed by atoms with van der Waals surface area (Å²) < 4.78 is -1.29. The van der Waals surface area contributed by atoms with Crippen molar-refractivity contribution in [3.63, 3.8) is 0 Å². The minimum atomic E-state index is -1.96. The molecule has 84 valence electrons. The van der Waals surface area contributed by atoms with Crippen molar-refractivity contribution in [3.05, 3.63) is 28.6 Å². The number of Topliss-reactive ketones (excluding diaryl/α,β-unsaturated/α-hetero) is 1. The van der Waals surface area contributed by atoms with Gasteiger partial charge in [0.15, 0.2) is 0 Å². The van der Waals surface area contributed by atoms with Gasteiger partial charge < -0.3 is 4.98 Å². The number of halogens is 4. The Morgan fingerprint density at radius 1 is 1.38 bits per heavy atom. The molecule has 0 spiro atoms. The Morgan fingerprint density at radius 3 is 2.69 bits per heavy atom. The Morgan fingerprint density at radius 2 is 2.06 bits per heavy atom. The van der Waals surface area contributed by atoms with Crippen LogP contribution in [0.2, 0.25) is 0 Å².